The quantitative estimate of drug-likeness (QED) is 0.567. The van der Waals surface area contributed by atoms with Crippen LogP contribution in [0.15, 0.2) is 12.4 Å². The fraction of sp³-hybridized carbons (Fsp3) is 0.700. The molecule has 0 radical (unpaired) electrons. The summed E-state index contributed by atoms with van der Waals surface area (Å²) in [5.41, 5.74) is 0. The third-order valence-corrected chi connectivity index (χ3v) is 7.11. The number of nitrogens with zero attached hydrogens (tertiary/aromatic N) is 5. The molecule has 3 heterocycles. The summed E-state index contributed by atoms with van der Waals surface area (Å²) < 4.78 is 42.9. The van der Waals surface area contributed by atoms with Gasteiger partial charge < -0.3 is 9.47 Å². The lowest BCUT2D eigenvalue weighted by Crippen LogP contribution is -2.35. The summed E-state index contributed by atoms with van der Waals surface area (Å²) in [6.45, 7) is 11.1. The number of hydrogen-bond donors (Lipinski definition) is 1. The second kappa shape index (κ2) is 9.98. The fourth-order valence-electron chi connectivity index (χ4n) is 3.62. The number of anilines is 1. The SMILES string of the molecule is CC(C)O[C@@H](c1ncc(Cl)cn1)[C@H](C)S(=O)(=O)Nc1nnc([C@H]2CC[C@@H](C)O2)n1C(C)C. The molecule has 2 aromatic rings. The molecule has 0 saturated carbocycles. The van der Waals surface area contributed by atoms with Crippen LogP contribution in [0, 0.1) is 0 Å². The highest BCUT2D eigenvalue weighted by Gasteiger charge is 2.36. The van der Waals surface area contributed by atoms with E-state index in [0.29, 0.717) is 10.8 Å². The fourth-order valence-corrected chi connectivity index (χ4v) is 4.81. The van der Waals surface area contributed by atoms with E-state index in [1.54, 1.807) is 11.5 Å². The first-order valence-electron chi connectivity index (χ1n) is 10.7. The highest BCUT2D eigenvalue weighted by atomic mass is 35.5. The van der Waals surface area contributed by atoms with Crippen molar-refractivity contribution in [1.29, 1.82) is 0 Å². The van der Waals surface area contributed by atoms with Crippen molar-refractivity contribution in [2.75, 3.05) is 4.72 Å². The van der Waals surface area contributed by atoms with Gasteiger partial charge in [-0.2, -0.15) is 0 Å². The summed E-state index contributed by atoms with van der Waals surface area (Å²) in [6, 6.07) is -0.0742. The van der Waals surface area contributed by atoms with Crippen LogP contribution in [-0.4, -0.2) is 50.6 Å². The van der Waals surface area contributed by atoms with Gasteiger partial charge in [0.2, 0.25) is 16.0 Å². The molecule has 1 saturated heterocycles. The van der Waals surface area contributed by atoms with Crippen LogP contribution < -0.4 is 4.72 Å². The third kappa shape index (κ3) is 5.56. The third-order valence-electron chi connectivity index (χ3n) is 5.22. The van der Waals surface area contributed by atoms with Crippen molar-refractivity contribution in [2.24, 2.45) is 0 Å². The van der Waals surface area contributed by atoms with Crippen molar-refractivity contribution in [2.45, 2.75) is 90.1 Å². The molecule has 178 valence electrons. The molecule has 32 heavy (non-hydrogen) atoms. The summed E-state index contributed by atoms with van der Waals surface area (Å²) in [7, 11) is -3.95. The van der Waals surface area contributed by atoms with Crippen LogP contribution in [0.1, 0.15) is 84.3 Å². The van der Waals surface area contributed by atoms with E-state index in [9.17, 15) is 8.42 Å². The smallest absolute Gasteiger partial charge is 0.240 e. The van der Waals surface area contributed by atoms with E-state index in [-0.39, 0.29) is 36.1 Å². The van der Waals surface area contributed by atoms with Gasteiger partial charge in [-0.15, -0.1) is 10.2 Å². The van der Waals surface area contributed by atoms with Gasteiger partial charge in [-0.25, -0.2) is 18.4 Å². The Hall–Kier alpha value is -1.82. The van der Waals surface area contributed by atoms with Crippen molar-refractivity contribution in [3.05, 3.63) is 29.1 Å². The topological polar surface area (TPSA) is 121 Å². The maximum Gasteiger partial charge on any atom is 0.240 e. The molecule has 0 aromatic carbocycles. The van der Waals surface area contributed by atoms with E-state index in [0.717, 1.165) is 12.8 Å². The van der Waals surface area contributed by atoms with Crippen LogP contribution in [0.25, 0.3) is 0 Å². The number of rotatable bonds is 9. The molecule has 0 amide bonds. The molecule has 1 N–H and O–H groups in total. The zero-order valence-corrected chi connectivity index (χ0v) is 20.8. The van der Waals surface area contributed by atoms with Gasteiger partial charge in [0.25, 0.3) is 0 Å². The van der Waals surface area contributed by atoms with E-state index >= 15 is 0 Å². The Bertz CT molecular complexity index is 1010. The number of sulfonamides is 1. The highest BCUT2D eigenvalue weighted by molar-refractivity contribution is 7.93. The first-order valence-corrected chi connectivity index (χ1v) is 12.7. The Labute approximate surface area is 194 Å². The number of halogens is 1. The van der Waals surface area contributed by atoms with Crippen LogP contribution in [-0.2, 0) is 19.5 Å². The van der Waals surface area contributed by atoms with Crippen LogP contribution in [0.4, 0.5) is 5.95 Å². The molecule has 1 aliphatic heterocycles. The van der Waals surface area contributed by atoms with E-state index < -0.39 is 21.4 Å². The van der Waals surface area contributed by atoms with Crippen molar-refractivity contribution in [1.82, 2.24) is 24.7 Å². The van der Waals surface area contributed by atoms with Gasteiger partial charge in [0, 0.05) is 18.4 Å². The Kier molecular flexibility index (Phi) is 7.74. The number of hydrogen-bond acceptors (Lipinski definition) is 8. The number of nitrogens with one attached hydrogen (secondary N) is 1. The molecule has 4 atom stereocenters. The molecule has 0 bridgehead atoms. The van der Waals surface area contributed by atoms with Crippen molar-refractivity contribution < 1.29 is 17.9 Å². The maximum atomic E-state index is 13.3. The number of ether oxygens (including phenoxy) is 2. The average Bonchev–Trinajstić information content (AvgIpc) is 3.32. The minimum atomic E-state index is -3.95. The normalized spacial score (nSPS) is 21.3. The van der Waals surface area contributed by atoms with Crippen molar-refractivity contribution >= 4 is 27.6 Å². The lowest BCUT2D eigenvalue weighted by atomic mass is 10.2. The molecule has 1 fully saturated rings. The summed E-state index contributed by atoms with van der Waals surface area (Å²) >= 11 is 5.89. The molecule has 3 rings (SSSR count). The van der Waals surface area contributed by atoms with Gasteiger partial charge in [0.1, 0.15) is 17.5 Å². The molecule has 0 aliphatic carbocycles. The lowest BCUT2D eigenvalue weighted by Gasteiger charge is -2.25. The monoisotopic (exact) mass is 486 g/mol. The molecule has 12 heteroatoms. The summed E-state index contributed by atoms with van der Waals surface area (Å²) in [5.74, 6) is 0.997. The van der Waals surface area contributed by atoms with Gasteiger partial charge in [-0.1, -0.05) is 11.6 Å². The molecule has 0 spiro atoms. The van der Waals surface area contributed by atoms with E-state index in [4.69, 9.17) is 21.1 Å². The Balaban J connectivity index is 1.90. The van der Waals surface area contributed by atoms with Crippen LogP contribution in [0.5, 0.6) is 0 Å². The minimum Gasteiger partial charge on any atom is -0.367 e. The Morgan fingerprint density at radius 2 is 1.81 bits per heavy atom. The van der Waals surface area contributed by atoms with Crippen molar-refractivity contribution in [3.8, 4) is 0 Å². The molecule has 10 nitrogen and oxygen atoms in total. The minimum absolute atomic E-state index is 0.0742. The number of aromatic nitrogens is 5. The highest BCUT2D eigenvalue weighted by Crippen LogP contribution is 2.34. The van der Waals surface area contributed by atoms with Crippen LogP contribution in [0.2, 0.25) is 5.02 Å². The maximum absolute atomic E-state index is 13.3. The van der Waals surface area contributed by atoms with Gasteiger partial charge in [-0.3, -0.25) is 9.29 Å². The molecular formula is C20H31ClN6O4S. The zero-order chi connectivity index (χ0) is 23.6. The van der Waals surface area contributed by atoms with Crippen LogP contribution >= 0.6 is 11.6 Å². The summed E-state index contributed by atoms with van der Waals surface area (Å²) in [5, 5.41) is 7.72. The van der Waals surface area contributed by atoms with Crippen molar-refractivity contribution in [3.63, 3.8) is 0 Å². The second-order valence-electron chi connectivity index (χ2n) is 8.58. The Morgan fingerprint density at radius 1 is 1.16 bits per heavy atom. The van der Waals surface area contributed by atoms with Gasteiger partial charge in [0.05, 0.1) is 17.2 Å². The molecular weight excluding hydrogens is 456 g/mol. The van der Waals surface area contributed by atoms with Crippen LogP contribution in [0.3, 0.4) is 0 Å². The standard InChI is InChI=1S/C20H31ClN6O4S/c1-11(2)27-19(16-8-7-13(5)31-16)24-25-20(27)26-32(28,29)14(6)17(30-12(3)4)18-22-9-15(21)10-23-18/h9-14,16-17H,7-8H2,1-6H3,(H,25,26)/t13-,14+,16-,17-/m1/s1. The van der Waals surface area contributed by atoms with E-state index in [1.807, 2.05) is 34.6 Å². The summed E-state index contributed by atoms with van der Waals surface area (Å²) in [6.07, 6.45) is 3.33. The van der Waals surface area contributed by atoms with Gasteiger partial charge in [0.15, 0.2) is 11.6 Å². The predicted octanol–water partition coefficient (Wildman–Crippen LogP) is 3.84. The average molecular weight is 487 g/mol. The predicted molar refractivity (Wildman–Crippen MR) is 121 cm³/mol. The zero-order valence-electron chi connectivity index (χ0n) is 19.2. The summed E-state index contributed by atoms with van der Waals surface area (Å²) in [4.78, 5) is 8.35. The second-order valence-corrected chi connectivity index (χ2v) is 11.0. The molecule has 1 aliphatic rings. The van der Waals surface area contributed by atoms with E-state index in [2.05, 4.69) is 24.9 Å². The first kappa shape index (κ1) is 24.8. The molecule has 0 unspecified atom stereocenters. The largest absolute Gasteiger partial charge is 0.367 e. The van der Waals surface area contributed by atoms with Gasteiger partial charge in [-0.05, 0) is 54.4 Å². The van der Waals surface area contributed by atoms with Gasteiger partial charge >= 0.3 is 0 Å². The molecule has 2 aromatic heterocycles. The first-order chi connectivity index (χ1) is 15.0. The van der Waals surface area contributed by atoms with E-state index in [1.165, 1.54) is 12.4 Å². The Morgan fingerprint density at radius 3 is 2.34 bits per heavy atom. The lowest BCUT2D eigenvalue weighted by molar-refractivity contribution is 0.00154.